The van der Waals surface area contributed by atoms with E-state index in [2.05, 4.69) is 10.3 Å². The van der Waals surface area contributed by atoms with Crippen LogP contribution in [0, 0.1) is 13.8 Å². The Morgan fingerprint density at radius 2 is 2.00 bits per heavy atom. The van der Waals surface area contributed by atoms with Gasteiger partial charge in [0, 0.05) is 6.54 Å². The Morgan fingerprint density at radius 1 is 1.23 bits per heavy atom. The second kappa shape index (κ2) is 8.02. The molecule has 9 nitrogen and oxygen atoms in total. The van der Waals surface area contributed by atoms with Gasteiger partial charge in [0.05, 0.1) is 24.6 Å². The molecule has 0 atom stereocenters. The number of aromatic nitrogens is 3. The van der Waals surface area contributed by atoms with Gasteiger partial charge >= 0.3 is 6.03 Å². The van der Waals surface area contributed by atoms with E-state index < -0.39 is 0 Å². The van der Waals surface area contributed by atoms with Crippen LogP contribution < -0.4 is 14.3 Å². The fraction of sp³-hybridized carbons (Fsp3) is 0.333. The lowest BCUT2D eigenvalue weighted by Gasteiger charge is -2.15. The molecule has 30 heavy (non-hydrogen) atoms. The number of nitrogens with zero attached hydrogens (tertiary/aromatic N) is 4. The number of nitrogens with one attached hydrogen (secondary N) is 1. The highest BCUT2D eigenvalue weighted by molar-refractivity contribution is 6.19. The minimum atomic E-state index is -0.308. The molecular formula is C21H24N5O4+. The summed E-state index contributed by atoms with van der Waals surface area (Å²) in [5, 5.41) is 7.02. The van der Waals surface area contributed by atoms with Crippen LogP contribution in [0.5, 0.6) is 5.75 Å². The van der Waals surface area contributed by atoms with Crippen molar-refractivity contribution in [1.82, 2.24) is 15.2 Å². The van der Waals surface area contributed by atoms with Crippen LogP contribution in [-0.4, -0.2) is 47.3 Å². The van der Waals surface area contributed by atoms with E-state index in [1.54, 1.807) is 29.1 Å². The number of amides is 3. The van der Waals surface area contributed by atoms with E-state index in [0.717, 1.165) is 28.3 Å². The van der Waals surface area contributed by atoms with Crippen LogP contribution in [0.15, 0.2) is 41.2 Å². The molecule has 1 saturated heterocycles. The summed E-state index contributed by atoms with van der Waals surface area (Å²) in [4.78, 5) is 28.1. The third kappa shape index (κ3) is 3.78. The molecule has 3 amide bonds. The van der Waals surface area contributed by atoms with Gasteiger partial charge in [0.25, 0.3) is 5.91 Å². The van der Waals surface area contributed by atoms with E-state index in [0.29, 0.717) is 25.2 Å². The predicted octanol–water partition coefficient (Wildman–Crippen LogP) is 1.98. The van der Waals surface area contributed by atoms with Gasteiger partial charge in [-0.25, -0.2) is 9.69 Å². The van der Waals surface area contributed by atoms with Crippen LogP contribution in [-0.2, 0) is 17.8 Å². The lowest BCUT2D eigenvalue weighted by Crippen LogP contribution is -2.37. The Bertz CT molecular complexity index is 1050. The second-order valence-corrected chi connectivity index (χ2v) is 7.29. The van der Waals surface area contributed by atoms with Crippen LogP contribution in [0.2, 0.25) is 0 Å². The summed E-state index contributed by atoms with van der Waals surface area (Å²) in [6.45, 7) is 4.79. The number of carbonyl (C=O) groups excluding carboxylic acids is 2. The molecule has 0 unspecified atom stereocenters. The van der Waals surface area contributed by atoms with Crippen molar-refractivity contribution in [2.24, 2.45) is 0 Å². The van der Waals surface area contributed by atoms with Crippen molar-refractivity contribution in [3.8, 4) is 5.75 Å². The fourth-order valence-electron chi connectivity index (χ4n) is 3.53. The van der Waals surface area contributed by atoms with Crippen LogP contribution in [0.1, 0.15) is 22.6 Å². The summed E-state index contributed by atoms with van der Waals surface area (Å²) in [6, 6.07) is 7.38. The van der Waals surface area contributed by atoms with Crippen molar-refractivity contribution in [3.05, 3.63) is 59.2 Å². The monoisotopic (exact) mass is 410 g/mol. The SMILES string of the molecule is COc1ccc(CCN2CC(=O)N(c3c[nH][n+](Cc4c(C)noc4C)c3)C2=O)cc1. The van der Waals surface area contributed by atoms with Gasteiger partial charge < -0.3 is 14.2 Å². The molecule has 4 rings (SSSR count). The molecule has 2 aromatic heterocycles. The van der Waals surface area contributed by atoms with Gasteiger partial charge in [-0.05, 0) is 38.0 Å². The first kappa shape index (κ1) is 19.7. The number of urea groups is 1. The topological polar surface area (TPSA) is 95.6 Å². The molecule has 1 aromatic carbocycles. The average molecular weight is 410 g/mol. The Kier molecular flexibility index (Phi) is 5.26. The first-order valence-corrected chi connectivity index (χ1v) is 9.70. The molecule has 0 aliphatic carbocycles. The summed E-state index contributed by atoms with van der Waals surface area (Å²) < 4.78 is 12.1. The van der Waals surface area contributed by atoms with Gasteiger partial charge in [0.15, 0.2) is 0 Å². The maximum Gasteiger partial charge on any atom is 0.332 e. The normalized spacial score (nSPS) is 14.1. The zero-order valence-corrected chi connectivity index (χ0v) is 17.2. The largest absolute Gasteiger partial charge is 0.497 e. The first-order valence-electron chi connectivity index (χ1n) is 9.70. The molecule has 0 radical (unpaired) electrons. The van der Waals surface area contributed by atoms with Gasteiger partial charge in [0.2, 0.25) is 12.7 Å². The van der Waals surface area contributed by atoms with Gasteiger partial charge in [-0.3, -0.25) is 4.79 Å². The Balaban J connectivity index is 1.42. The Labute approximate surface area is 173 Å². The fourth-order valence-corrected chi connectivity index (χ4v) is 3.53. The predicted molar refractivity (Wildman–Crippen MR) is 107 cm³/mol. The third-order valence-electron chi connectivity index (χ3n) is 5.30. The molecule has 3 heterocycles. The molecule has 0 saturated carbocycles. The summed E-state index contributed by atoms with van der Waals surface area (Å²) in [5.41, 5.74) is 3.37. The summed E-state index contributed by atoms with van der Waals surface area (Å²) >= 11 is 0. The highest BCUT2D eigenvalue weighted by Crippen LogP contribution is 2.21. The lowest BCUT2D eigenvalue weighted by molar-refractivity contribution is -0.742. The van der Waals surface area contributed by atoms with E-state index in [1.807, 2.05) is 38.1 Å². The number of hydrogen-bond donors (Lipinski definition) is 1. The van der Waals surface area contributed by atoms with Crippen LogP contribution in [0.4, 0.5) is 10.5 Å². The standard InChI is InChI=1S/C21H23N5O4/c1-14-19(15(2)30-23-14)12-25-11-17(10-22-25)26-20(27)13-24(21(26)28)9-8-16-4-6-18(29-3)7-5-16/h4-7,10-11H,8-9,12-13H2,1-3H3/p+1. The van der Waals surface area contributed by atoms with Gasteiger partial charge in [0.1, 0.15) is 23.7 Å². The highest BCUT2D eigenvalue weighted by Gasteiger charge is 2.38. The molecule has 1 fully saturated rings. The summed E-state index contributed by atoms with van der Waals surface area (Å²) in [7, 11) is 1.62. The van der Waals surface area contributed by atoms with Crippen molar-refractivity contribution >= 4 is 17.6 Å². The molecule has 0 bridgehead atoms. The number of carbonyl (C=O) groups is 2. The molecule has 1 N–H and O–H groups in total. The number of rotatable bonds is 7. The molecule has 0 spiro atoms. The third-order valence-corrected chi connectivity index (χ3v) is 5.30. The van der Waals surface area contributed by atoms with E-state index in [9.17, 15) is 9.59 Å². The molecule has 3 aromatic rings. The number of imide groups is 1. The van der Waals surface area contributed by atoms with Crippen LogP contribution >= 0.6 is 0 Å². The molecule has 1 aliphatic rings. The minimum Gasteiger partial charge on any atom is -0.497 e. The lowest BCUT2D eigenvalue weighted by atomic mass is 10.1. The molecule has 1 aliphatic heterocycles. The van der Waals surface area contributed by atoms with Crippen LogP contribution in [0.3, 0.4) is 0 Å². The number of aromatic amines is 1. The first-order chi connectivity index (χ1) is 14.5. The van der Waals surface area contributed by atoms with E-state index in [-0.39, 0.29) is 18.5 Å². The van der Waals surface area contributed by atoms with Crippen LogP contribution in [0.25, 0.3) is 0 Å². The smallest absolute Gasteiger partial charge is 0.332 e. The number of aryl methyl sites for hydroxylation is 2. The van der Waals surface area contributed by atoms with Crippen molar-refractivity contribution in [2.75, 3.05) is 25.1 Å². The highest BCUT2D eigenvalue weighted by atomic mass is 16.5. The van der Waals surface area contributed by atoms with Gasteiger partial charge in [-0.1, -0.05) is 17.3 Å². The number of methoxy groups -OCH3 is 1. The molecule has 9 heteroatoms. The zero-order chi connectivity index (χ0) is 21.3. The number of benzene rings is 1. The van der Waals surface area contributed by atoms with E-state index >= 15 is 0 Å². The Hall–Kier alpha value is -3.62. The maximum absolute atomic E-state index is 12.8. The summed E-state index contributed by atoms with van der Waals surface area (Å²) in [5.74, 6) is 1.29. The quantitative estimate of drug-likeness (QED) is 0.475. The average Bonchev–Trinajstić information content (AvgIpc) is 3.41. The maximum atomic E-state index is 12.8. The Morgan fingerprint density at radius 3 is 2.67 bits per heavy atom. The van der Waals surface area contributed by atoms with Gasteiger partial charge in [-0.2, -0.15) is 5.10 Å². The van der Waals surface area contributed by atoms with Crippen molar-refractivity contribution in [2.45, 2.75) is 26.8 Å². The van der Waals surface area contributed by atoms with Crippen molar-refractivity contribution < 1.29 is 23.5 Å². The summed E-state index contributed by atoms with van der Waals surface area (Å²) in [6.07, 6.45) is 4.06. The number of hydrogen-bond acceptors (Lipinski definition) is 5. The number of anilines is 1. The molecule has 156 valence electrons. The second-order valence-electron chi connectivity index (χ2n) is 7.29. The number of H-pyrrole nitrogens is 1. The molecular weight excluding hydrogens is 386 g/mol. The number of ether oxygens (including phenoxy) is 1. The van der Waals surface area contributed by atoms with E-state index in [1.165, 1.54) is 4.90 Å². The van der Waals surface area contributed by atoms with E-state index in [4.69, 9.17) is 9.26 Å². The van der Waals surface area contributed by atoms with Crippen molar-refractivity contribution in [3.63, 3.8) is 0 Å². The van der Waals surface area contributed by atoms with Gasteiger partial charge in [-0.15, -0.1) is 4.68 Å². The zero-order valence-electron chi connectivity index (χ0n) is 17.2. The minimum absolute atomic E-state index is 0.0734. The van der Waals surface area contributed by atoms with Crippen molar-refractivity contribution in [1.29, 1.82) is 0 Å².